The van der Waals surface area contributed by atoms with Gasteiger partial charge in [0.25, 0.3) is 0 Å². The van der Waals surface area contributed by atoms with Crippen LogP contribution in [0.2, 0.25) is 0 Å². The molecule has 0 aliphatic carbocycles. The van der Waals surface area contributed by atoms with E-state index in [9.17, 15) is 0 Å². The molecular weight excluding hydrogens is 657 g/mol. The van der Waals surface area contributed by atoms with E-state index in [4.69, 9.17) is 19.9 Å². The molecule has 250 valence electrons. The Hall–Kier alpha value is -7.30. The predicted octanol–water partition coefficient (Wildman–Crippen LogP) is 12.9. The van der Waals surface area contributed by atoms with Gasteiger partial charge >= 0.3 is 0 Å². The van der Waals surface area contributed by atoms with E-state index in [0.29, 0.717) is 0 Å². The summed E-state index contributed by atoms with van der Waals surface area (Å²) in [4.78, 5) is 21.3. The Bertz CT molecular complexity index is 3280. The summed E-state index contributed by atoms with van der Waals surface area (Å²) in [6.45, 7) is 0. The molecule has 0 bridgehead atoms. The molecule has 11 rings (SSSR count). The fraction of sp³-hybridized carbons (Fsp3) is 0. The Morgan fingerprint density at radius 2 is 0.889 bits per heavy atom. The highest BCUT2D eigenvalue weighted by atomic mass is 14.8. The zero-order valence-electron chi connectivity index (χ0n) is 29.1. The molecule has 11 aromatic rings. The molecule has 4 heterocycles. The van der Waals surface area contributed by atoms with Gasteiger partial charge in [-0.25, -0.2) is 15.0 Å². The summed E-state index contributed by atoms with van der Waals surface area (Å²) in [5.41, 5.74) is 10.3. The second-order valence-corrected chi connectivity index (χ2v) is 13.8. The molecule has 0 unspecified atom stereocenters. The van der Waals surface area contributed by atoms with E-state index < -0.39 is 0 Å². The lowest BCUT2D eigenvalue weighted by atomic mass is 9.93. The van der Waals surface area contributed by atoms with E-state index in [2.05, 4.69) is 164 Å². The van der Waals surface area contributed by atoms with Gasteiger partial charge in [-0.2, -0.15) is 0 Å². The molecular formula is C50H30N4. The predicted molar refractivity (Wildman–Crippen MR) is 224 cm³/mol. The summed E-state index contributed by atoms with van der Waals surface area (Å²) < 4.78 is 0. The second-order valence-electron chi connectivity index (χ2n) is 13.8. The smallest absolute Gasteiger partial charge is 0.0979 e. The van der Waals surface area contributed by atoms with Crippen molar-refractivity contribution in [2.75, 3.05) is 0 Å². The number of pyridine rings is 4. The maximum Gasteiger partial charge on any atom is 0.0979 e. The molecule has 0 N–H and O–H groups in total. The highest BCUT2D eigenvalue weighted by Crippen LogP contribution is 2.41. The van der Waals surface area contributed by atoms with Crippen LogP contribution in [0.25, 0.3) is 110 Å². The van der Waals surface area contributed by atoms with E-state index in [1.54, 1.807) is 0 Å². The maximum atomic E-state index is 5.59. The van der Waals surface area contributed by atoms with E-state index in [0.717, 1.165) is 93.9 Å². The van der Waals surface area contributed by atoms with E-state index in [1.807, 2.05) is 18.3 Å². The SMILES string of the molecule is c1ccc(-c2cc(-c3ccc4ccccc4n3)c3ccc4c(-c5cc6ccccc6cn5)cc(-c5cc6ccccc6c6ccccc56)nc4c3n2)cc1. The molecule has 4 aromatic heterocycles. The number of fused-ring (bicyclic) bond motifs is 8. The van der Waals surface area contributed by atoms with Crippen molar-refractivity contribution in [3.05, 3.63) is 182 Å². The lowest BCUT2D eigenvalue weighted by Crippen LogP contribution is -1.97. The van der Waals surface area contributed by atoms with Crippen LogP contribution in [0.15, 0.2) is 182 Å². The van der Waals surface area contributed by atoms with Gasteiger partial charge in [-0.1, -0.05) is 140 Å². The quantitative estimate of drug-likeness (QED) is 0.173. The number of aromatic nitrogens is 4. The molecule has 0 saturated heterocycles. The third-order valence-electron chi connectivity index (χ3n) is 10.7. The normalized spacial score (nSPS) is 11.7. The van der Waals surface area contributed by atoms with Gasteiger partial charge in [0, 0.05) is 50.0 Å². The molecule has 0 amide bonds. The third kappa shape index (κ3) is 4.92. The van der Waals surface area contributed by atoms with Gasteiger partial charge in [-0.3, -0.25) is 4.98 Å². The van der Waals surface area contributed by atoms with Gasteiger partial charge in [-0.15, -0.1) is 0 Å². The zero-order valence-corrected chi connectivity index (χ0v) is 29.1. The van der Waals surface area contributed by atoms with Crippen LogP contribution in [0.5, 0.6) is 0 Å². The first-order chi connectivity index (χ1) is 26.7. The second kappa shape index (κ2) is 12.1. The van der Waals surface area contributed by atoms with Crippen molar-refractivity contribution >= 4 is 65.0 Å². The fourth-order valence-electron chi connectivity index (χ4n) is 8.01. The summed E-state index contributed by atoms with van der Waals surface area (Å²) in [5.74, 6) is 0. The highest BCUT2D eigenvalue weighted by molar-refractivity contribution is 6.16. The molecule has 0 aliphatic heterocycles. The number of para-hydroxylation sites is 1. The molecule has 0 saturated carbocycles. The molecule has 4 heteroatoms. The number of hydrogen-bond acceptors (Lipinski definition) is 4. The van der Waals surface area contributed by atoms with Gasteiger partial charge < -0.3 is 0 Å². The molecule has 0 fully saturated rings. The monoisotopic (exact) mass is 686 g/mol. The molecule has 54 heavy (non-hydrogen) atoms. The number of nitrogens with zero attached hydrogens (tertiary/aromatic N) is 4. The van der Waals surface area contributed by atoms with Crippen molar-refractivity contribution in [1.29, 1.82) is 0 Å². The van der Waals surface area contributed by atoms with Gasteiger partial charge in [0.2, 0.25) is 0 Å². The van der Waals surface area contributed by atoms with Crippen LogP contribution in [-0.2, 0) is 0 Å². The summed E-state index contributed by atoms with van der Waals surface area (Å²) in [5, 5.41) is 10.1. The van der Waals surface area contributed by atoms with Gasteiger partial charge in [-0.05, 0) is 63.3 Å². The topological polar surface area (TPSA) is 51.6 Å². The minimum absolute atomic E-state index is 0.826. The Balaban J connectivity index is 1.27. The summed E-state index contributed by atoms with van der Waals surface area (Å²) >= 11 is 0. The first-order valence-electron chi connectivity index (χ1n) is 18.2. The Morgan fingerprint density at radius 3 is 1.70 bits per heavy atom. The van der Waals surface area contributed by atoms with Crippen molar-refractivity contribution in [1.82, 2.24) is 19.9 Å². The number of benzene rings is 7. The van der Waals surface area contributed by atoms with Crippen molar-refractivity contribution in [2.24, 2.45) is 0 Å². The van der Waals surface area contributed by atoms with Gasteiger partial charge in [0.15, 0.2) is 0 Å². The first-order valence-corrected chi connectivity index (χ1v) is 18.2. The standard InChI is InChI=1S/C50H30N4/c1-2-12-31(13-3-1)46-28-42(45-25-22-32-14-7-11-21-44(32)52-45)39-23-24-40-43(47-27-33-15-4-5-17-35(33)30-51-47)29-48(54-50(40)49(39)53-46)41-26-34-16-6-8-18-36(34)37-19-9-10-20-38(37)41/h1-30H. The van der Waals surface area contributed by atoms with E-state index in [-0.39, 0.29) is 0 Å². The van der Waals surface area contributed by atoms with E-state index >= 15 is 0 Å². The van der Waals surface area contributed by atoms with Gasteiger partial charge in [0.1, 0.15) is 0 Å². The highest BCUT2D eigenvalue weighted by Gasteiger charge is 2.20. The van der Waals surface area contributed by atoms with Crippen LogP contribution in [0.1, 0.15) is 0 Å². The minimum Gasteiger partial charge on any atom is -0.256 e. The lowest BCUT2D eigenvalue weighted by Gasteiger charge is -2.16. The average molecular weight is 687 g/mol. The molecule has 0 spiro atoms. The number of rotatable bonds is 4. The Morgan fingerprint density at radius 1 is 0.296 bits per heavy atom. The van der Waals surface area contributed by atoms with Crippen molar-refractivity contribution in [3.63, 3.8) is 0 Å². The molecule has 0 aliphatic rings. The van der Waals surface area contributed by atoms with Crippen LogP contribution in [0.3, 0.4) is 0 Å². The van der Waals surface area contributed by atoms with Crippen LogP contribution in [0, 0.1) is 0 Å². The molecule has 0 radical (unpaired) electrons. The fourth-order valence-corrected chi connectivity index (χ4v) is 8.01. The van der Waals surface area contributed by atoms with Gasteiger partial charge in [0.05, 0.1) is 39.3 Å². The lowest BCUT2D eigenvalue weighted by molar-refractivity contribution is 1.33. The van der Waals surface area contributed by atoms with Crippen molar-refractivity contribution in [2.45, 2.75) is 0 Å². The van der Waals surface area contributed by atoms with Crippen molar-refractivity contribution in [3.8, 4) is 45.0 Å². The van der Waals surface area contributed by atoms with Crippen molar-refractivity contribution < 1.29 is 0 Å². The summed E-state index contributed by atoms with van der Waals surface area (Å²) in [7, 11) is 0. The first kappa shape index (κ1) is 30.3. The van der Waals surface area contributed by atoms with E-state index in [1.165, 1.54) is 16.2 Å². The summed E-state index contributed by atoms with van der Waals surface area (Å²) in [6.07, 6.45) is 1.97. The average Bonchev–Trinajstić information content (AvgIpc) is 3.25. The van der Waals surface area contributed by atoms with Crippen LogP contribution < -0.4 is 0 Å². The van der Waals surface area contributed by atoms with Crippen LogP contribution in [0.4, 0.5) is 0 Å². The summed E-state index contributed by atoms with van der Waals surface area (Å²) in [6, 6.07) is 61.7. The Kier molecular flexibility index (Phi) is 6.82. The zero-order chi connectivity index (χ0) is 35.6. The van der Waals surface area contributed by atoms with Crippen LogP contribution in [-0.4, -0.2) is 19.9 Å². The molecule has 7 aromatic carbocycles. The maximum absolute atomic E-state index is 5.59. The number of hydrogen-bond donors (Lipinski definition) is 0. The molecule has 0 atom stereocenters. The minimum atomic E-state index is 0.826. The largest absolute Gasteiger partial charge is 0.256 e. The molecule has 4 nitrogen and oxygen atoms in total. The van der Waals surface area contributed by atoms with Crippen LogP contribution >= 0.6 is 0 Å². The Labute approximate surface area is 311 Å². The third-order valence-corrected chi connectivity index (χ3v) is 10.7.